The highest BCUT2D eigenvalue weighted by Crippen LogP contribution is 2.25. The summed E-state index contributed by atoms with van der Waals surface area (Å²) in [6.07, 6.45) is 0. The molecule has 1 aromatic heterocycles. The Morgan fingerprint density at radius 1 is 1.52 bits per heavy atom. The number of ether oxygens (including phenoxy) is 1. The van der Waals surface area contributed by atoms with Crippen molar-refractivity contribution < 1.29 is 36.9 Å². The number of nitrogens with two attached hydrogens (primary N) is 1. The van der Waals surface area contributed by atoms with Gasteiger partial charge < -0.3 is 20.6 Å². The molecule has 1 aliphatic heterocycles. The van der Waals surface area contributed by atoms with E-state index in [1.807, 2.05) is 0 Å². The topological polar surface area (TPSA) is 191 Å². The minimum atomic E-state index is -5.02. The van der Waals surface area contributed by atoms with Gasteiger partial charge in [0.05, 0.1) is 7.11 Å². The molecule has 1 aliphatic rings. The van der Waals surface area contributed by atoms with Crippen molar-refractivity contribution in [1.29, 1.82) is 0 Å². The first-order chi connectivity index (χ1) is 12.6. The first-order valence-electron chi connectivity index (χ1n) is 7.22. The van der Waals surface area contributed by atoms with Gasteiger partial charge in [-0.3, -0.25) is 14.1 Å². The molecule has 13 nitrogen and oxygen atoms in total. The van der Waals surface area contributed by atoms with Crippen LogP contribution in [0.5, 0.6) is 0 Å². The Hall–Kier alpha value is -2.78. The van der Waals surface area contributed by atoms with Crippen molar-refractivity contribution >= 4 is 50.3 Å². The largest absolute Gasteiger partial charge is 0.467 e. The number of methoxy groups -OCH3 is 1. The highest BCUT2D eigenvalue weighted by molar-refractivity contribution is 7.84. The third kappa shape index (κ3) is 4.15. The molecule has 2 atom stereocenters. The van der Waals surface area contributed by atoms with Gasteiger partial charge in [0, 0.05) is 5.38 Å². The zero-order chi connectivity index (χ0) is 20.4. The van der Waals surface area contributed by atoms with E-state index in [9.17, 15) is 22.8 Å². The van der Waals surface area contributed by atoms with Gasteiger partial charge in [-0.1, -0.05) is 5.16 Å². The monoisotopic (exact) mass is 421 g/mol. The van der Waals surface area contributed by atoms with E-state index in [2.05, 4.69) is 20.2 Å². The molecular weight excluding hydrogens is 406 g/mol. The second kappa shape index (κ2) is 7.85. The molecule has 0 aromatic carbocycles. The zero-order valence-corrected chi connectivity index (χ0v) is 15.6. The lowest BCUT2D eigenvalue weighted by atomic mass is 9.98. The minimum absolute atomic E-state index is 0.0523. The summed E-state index contributed by atoms with van der Waals surface area (Å²) in [5, 5.41) is 7.32. The summed E-state index contributed by atoms with van der Waals surface area (Å²) >= 11 is 1.02. The molecule has 1 aromatic rings. The maximum absolute atomic E-state index is 12.5. The van der Waals surface area contributed by atoms with Gasteiger partial charge in [-0.2, -0.15) is 12.7 Å². The normalized spacial score (nSPS) is 20.0. The van der Waals surface area contributed by atoms with Gasteiger partial charge in [0.2, 0.25) is 0 Å². The number of amides is 2. The second-order valence-electron chi connectivity index (χ2n) is 4.96. The van der Waals surface area contributed by atoms with Crippen LogP contribution in [0.1, 0.15) is 12.6 Å². The number of esters is 1. The Balaban J connectivity index is 2.28. The Morgan fingerprint density at radius 3 is 2.67 bits per heavy atom. The van der Waals surface area contributed by atoms with Crippen molar-refractivity contribution in [1.82, 2.24) is 14.6 Å². The van der Waals surface area contributed by atoms with Crippen LogP contribution < -0.4 is 11.1 Å². The first kappa shape index (κ1) is 20.5. The average Bonchev–Trinajstić information content (AvgIpc) is 3.01. The Bertz CT molecular complexity index is 895. The summed E-state index contributed by atoms with van der Waals surface area (Å²) in [5.41, 5.74) is 5.23. The number of nitrogens with zero attached hydrogens (tertiary/aromatic N) is 3. The molecule has 27 heavy (non-hydrogen) atoms. The number of β-lactam (4-membered cyclic amide) rings is 1. The van der Waals surface area contributed by atoms with Crippen LogP contribution in [-0.4, -0.2) is 71.6 Å². The lowest BCUT2D eigenvalue weighted by Crippen LogP contribution is -2.74. The molecule has 0 spiro atoms. The van der Waals surface area contributed by atoms with Crippen molar-refractivity contribution in [3.8, 4) is 0 Å². The van der Waals surface area contributed by atoms with Crippen LogP contribution in [0.4, 0.5) is 5.13 Å². The summed E-state index contributed by atoms with van der Waals surface area (Å²) in [4.78, 5) is 45.0. The van der Waals surface area contributed by atoms with Gasteiger partial charge >= 0.3 is 16.3 Å². The van der Waals surface area contributed by atoms with Crippen molar-refractivity contribution in [3.63, 3.8) is 0 Å². The van der Waals surface area contributed by atoms with E-state index in [1.165, 1.54) is 5.38 Å². The summed E-state index contributed by atoms with van der Waals surface area (Å²) in [7, 11) is -4.07. The maximum atomic E-state index is 12.5. The predicted octanol–water partition coefficient (Wildman–Crippen LogP) is -1.86. The van der Waals surface area contributed by atoms with Crippen LogP contribution in [0, 0.1) is 0 Å². The smallest absolute Gasteiger partial charge is 0.363 e. The standard InChI is InChI=1S/C12H15N5O8S2/c1-3-25-16-6(5-4-26-12(13)14-5)9(18)15-7-8(11(20)24-2)17(10(7)19)27(21,22)23/h4,7-8H,3H2,1-2H3,(H2,13,14)(H,15,18)(H,21,22,23)/b16-6-. The number of carbonyl (C=O) groups excluding carboxylic acids is 3. The van der Waals surface area contributed by atoms with E-state index in [0.29, 0.717) is 0 Å². The van der Waals surface area contributed by atoms with E-state index in [-0.39, 0.29) is 27.4 Å². The number of anilines is 1. The van der Waals surface area contributed by atoms with Crippen molar-refractivity contribution in [2.45, 2.75) is 19.0 Å². The number of carbonyl (C=O) groups is 3. The quantitative estimate of drug-likeness (QED) is 0.148. The average molecular weight is 421 g/mol. The van der Waals surface area contributed by atoms with Gasteiger partial charge in [-0.15, -0.1) is 11.3 Å². The molecule has 4 N–H and O–H groups in total. The molecular formula is C12H15N5O8S2. The molecule has 1 saturated heterocycles. The first-order valence-corrected chi connectivity index (χ1v) is 9.50. The fraction of sp³-hybridized carbons (Fsp3) is 0.417. The van der Waals surface area contributed by atoms with Crippen LogP contribution in [0.2, 0.25) is 0 Å². The molecule has 2 rings (SSSR count). The zero-order valence-electron chi connectivity index (χ0n) is 14.0. The number of hydrogen-bond donors (Lipinski definition) is 3. The van der Waals surface area contributed by atoms with Gasteiger partial charge in [0.15, 0.2) is 16.9 Å². The number of oxime groups is 1. The minimum Gasteiger partial charge on any atom is -0.467 e. The highest BCUT2D eigenvalue weighted by atomic mass is 32.2. The molecule has 2 heterocycles. The van der Waals surface area contributed by atoms with Gasteiger partial charge in [0.1, 0.15) is 18.3 Å². The molecule has 15 heteroatoms. The Kier molecular flexibility index (Phi) is 5.97. The van der Waals surface area contributed by atoms with Crippen LogP contribution in [0.3, 0.4) is 0 Å². The fourth-order valence-electron chi connectivity index (χ4n) is 2.15. The van der Waals surface area contributed by atoms with Crippen molar-refractivity contribution in [2.75, 3.05) is 19.5 Å². The molecule has 2 amide bonds. The van der Waals surface area contributed by atoms with Crippen molar-refractivity contribution in [3.05, 3.63) is 11.1 Å². The maximum Gasteiger partial charge on any atom is 0.363 e. The molecule has 0 saturated carbocycles. The number of rotatable bonds is 7. The lowest BCUT2D eigenvalue weighted by molar-refractivity contribution is -0.162. The summed E-state index contributed by atoms with van der Waals surface area (Å²) < 4.78 is 35.9. The van der Waals surface area contributed by atoms with Crippen molar-refractivity contribution in [2.24, 2.45) is 5.16 Å². The third-order valence-electron chi connectivity index (χ3n) is 3.29. The van der Waals surface area contributed by atoms with Crippen LogP contribution in [-0.2, 0) is 34.3 Å². The molecule has 0 aliphatic carbocycles. The summed E-state index contributed by atoms with van der Waals surface area (Å²) in [5.74, 6) is -3.36. The molecule has 0 radical (unpaired) electrons. The Labute approximate surface area is 157 Å². The molecule has 1 fully saturated rings. The van der Waals surface area contributed by atoms with Gasteiger partial charge in [-0.25, -0.2) is 9.78 Å². The molecule has 2 unspecified atom stereocenters. The van der Waals surface area contributed by atoms with Gasteiger partial charge in [0.25, 0.3) is 11.8 Å². The lowest BCUT2D eigenvalue weighted by Gasteiger charge is -2.41. The van der Waals surface area contributed by atoms with Gasteiger partial charge in [-0.05, 0) is 6.92 Å². The van der Waals surface area contributed by atoms with Crippen LogP contribution in [0.25, 0.3) is 0 Å². The number of hydrogen-bond acceptors (Lipinski definition) is 11. The van der Waals surface area contributed by atoms with E-state index in [0.717, 1.165) is 18.4 Å². The summed E-state index contributed by atoms with van der Waals surface area (Å²) in [6.45, 7) is 1.74. The van der Waals surface area contributed by atoms with E-state index in [1.54, 1.807) is 6.92 Å². The molecule has 0 bridgehead atoms. The van der Waals surface area contributed by atoms with Crippen LogP contribution >= 0.6 is 11.3 Å². The highest BCUT2D eigenvalue weighted by Gasteiger charge is 2.58. The molecule has 148 valence electrons. The fourth-order valence-corrected chi connectivity index (χ4v) is 3.54. The van der Waals surface area contributed by atoms with E-state index < -0.39 is 40.2 Å². The summed E-state index contributed by atoms with van der Waals surface area (Å²) in [6, 6.07) is -3.37. The van der Waals surface area contributed by atoms with Crippen LogP contribution in [0.15, 0.2) is 10.5 Å². The van der Waals surface area contributed by atoms with E-state index in [4.69, 9.17) is 15.1 Å². The number of aromatic nitrogens is 1. The predicted molar refractivity (Wildman–Crippen MR) is 90.8 cm³/mol. The number of thiazole rings is 1. The SMILES string of the molecule is CCO/N=C(\C(=O)NC1C(=O)N(S(=O)(=O)O)C1C(=O)OC)c1csc(N)n1. The second-order valence-corrected chi connectivity index (χ2v) is 7.14. The third-order valence-corrected chi connectivity index (χ3v) is 4.87. The number of nitrogen functional groups attached to an aromatic ring is 1. The number of nitrogens with one attached hydrogen (secondary N) is 1. The Morgan fingerprint density at radius 2 is 2.19 bits per heavy atom. The van der Waals surface area contributed by atoms with E-state index >= 15 is 0 Å².